The van der Waals surface area contributed by atoms with E-state index in [9.17, 15) is 18.0 Å². The molecule has 0 saturated heterocycles. The topological polar surface area (TPSA) is 59.8 Å². The van der Waals surface area contributed by atoms with Crippen molar-refractivity contribution in [2.24, 2.45) is 0 Å². The van der Waals surface area contributed by atoms with Crippen LogP contribution in [0.3, 0.4) is 0 Å². The van der Waals surface area contributed by atoms with Crippen LogP contribution in [0, 0.1) is 0 Å². The lowest BCUT2D eigenvalue weighted by Crippen LogP contribution is -2.17. The van der Waals surface area contributed by atoms with Gasteiger partial charge in [-0.2, -0.15) is 18.3 Å². The number of nitrogens with one attached hydrogen (secondary N) is 1. The Kier molecular flexibility index (Phi) is 6.65. The molecule has 1 aliphatic rings. The van der Waals surface area contributed by atoms with Gasteiger partial charge in [-0.3, -0.25) is 9.48 Å². The van der Waals surface area contributed by atoms with Crippen LogP contribution in [0.2, 0.25) is 5.02 Å². The maximum Gasteiger partial charge on any atom is 0.433 e. The van der Waals surface area contributed by atoms with Gasteiger partial charge in [-0.15, -0.1) is 0 Å². The second-order valence-corrected chi connectivity index (χ2v) is 7.56. The highest BCUT2D eigenvalue weighted by atomic mass is 35.5. The molecule has 5 nitrogen and oxygen atoms in total. The van der Waals surface area contributed by atoms with Crippen LogP contribution in [0.15, 0.2) is 36.5 Å². The van der Waals surface area contributed by atoms with Crippen LogP contribution in [-0.2, 0) is 6.18 Å². The number of aromatic nitrogens is 3. The van der Waals surface area contributed by atoms with Crippen molar-refractivity contribution in [3.63, 3.8) is 0 Å². The summed E-state index contributed by atoms with van der Waals surface area (Å²) >= 11 is 6.21. The number of amides is 1. The molecule has 0 atom stereocenters. The highest BCUT2D eigenvalue weighted by Gasteiger charge is 2.33. The monoisotopic (exact) mass is 438 g/mol. The largest absolute Gasteiger partial charge is 0.433 e. The maximum atomic E-state index is 12.8. The van der Waals surface area contributed by atoms with Gasteiger partial charge in [0.1, 0.15) is 11.4 Å². The third-order valence-electron chi connectivity index (χ3n) is 4.58. The van der Waals surface area contributed by atoms with Crippen molar-refractivity contribution >= 4 is 34.1 Å². The van der Waals surface area contributed by atoms with Crippen molar-refractivity contribution < 1.29 is 18.0 Å². The first-order chi connectivity index (χ1) is 14.2. The van der Waals surface area contributed by atoms with Gasteiger partial charge in [-0.25, -0.2) is 4.98 Å². The number of carbonyl (C=O) groups excluding carboxylic acids is 1. The van der Waals surface area contributed by atoms with Crippen LogP contribution in [0.1, 0.15) is 61.8 Å². The molecule has 1 saturated carbocycles. The molecule has 3 aromatic rings. The van der Waals surface area contributed by atoms with Gasteiger partial charge in [-0.05, 0) is 43.5 Å². The first-order valence-electron chi connectivity index (χ1n) is 9.77. The normalized spacial score (nSPS) is 14.1. The Morgan fingerprint density at radius 1 is 1.27 bits per heavy atom. The Balaban J connectivity index is 0.000000806. The van der Waals surface area contributed by atoms with Gasteiger partial charge < -0.3 is 5.32 Å². The van der Waals surface area contributed by atoms with Crippen LogP contribution in [0.25, 0.3) is 10.9 Å². The molecule has 2 aromatic heterocycles. The fourth-order valence-electron chi connectivity index (χ4n) is 2.90. The first-order valence-corrected chi connectivity index (χ1v) is 10.1. The van der Waals surface area contributed by atoms with Crippen LogP contribution in [-0.4, -0.2) is 20.7 Å². The van der Waals surface area contributed by atoms with E-state index in [-0.39, 0.29) is 10.7 Å². The van der Waals surface area contributed by atoms with Gasteiger partial charge in [0, 0.05) is 11.6 Å². The van der Waals surface area contributed by atoms with E-state index in [0.717, 1.165) is 30.4 Å². The van der Waals surface area contributed by atoms with E-state index in [1.54, 1.807) is 12.1 Å². The average molecular weight is 439 g/mol. The zero-order valence-electron chi connectivity index (χ0n) is 16.6. The van der Waals surface area contributed by atoms with Crippen LogP contribution < -0.4 is 5.32 Å². The summed E-state index contributed by atoms with van der Waals surface area (Å²) < 4.78 is 40.2. The lowest BCUT2D eigenvalue weighted by atomic mass is 9.93. The first kappa shape index (κ1) is 22.1. The summed E-state index contributed by atoms with van der Waals surface area (Å²) in [5.41, 5.74) is -0.478. The van der Waals surface area contributed by atoms with E-state index in [0.29, 0.717) is 17.2 Å². The third kappa shape index (κ3) is 4.92. The molecule has 1 fully saturated rings. The lowest BCUT2D eigenvalue weighted by Gasteiger charge is -2.25. The summed E-state index contributed by atoms with van der Waals surface area (Å²) in [4.78, 5) is 15.7. The number of alkyl halides is 3. The Morgan fingerprint density at radius 3 is 2.57 bits per heavy atom. The summed E-state index contributed by atoms with van der Waals surface area (Å²) in [5.74, 6) is -0.770. The molecule has 1 aliphatic carbocycles. The van der Waals surface area contributed by atoms with Gasteiger partial charge >= 0.3 is 6.18 Å². The quantitative estimate of drug-likeness (QED) is 0.508. The molecular weight excluding hydrogens is 417 g/mol. The fraction of sp³-hybridized carbons (Fsp3) is 0.381. The van der Waals surface area contributed by atoms with Crippen molar-refractivity contribution in [1.29, 1.82) is 0 Å². The van der Waals surface area contributed by atoms with Gasteiger partial charge in [-0.1, -0.05) is 37.9 Å². The second kappa shape index (κ2) is 9.04. The number of anilines is 1. The van der Waals surface area contributed by atoms with Crippen molar-refractivity contribution in [1.82, 2.24) is 14.8 Å². The van der Waals surface area contributed by atoms with Gasteiger partial charge in [0.05, 0.1) is 22.3 Å². The third-order valence-corrected chi connectivity index (χ3v) is 4.89. The lowest BCUT2D eigenvalue weighted by molar-refractivity contribution is -0.141. The second-order valence-electron chi connectivity index (χ2n) is 7.15. The number of carbonyl (C=O) groups is 1. The molecule has 0 spiro atoms. The van der Waals surface area contributed by atoms with Crippen molar-refractivity contribution in [3.8, 4) is 0 Å². The molecule has 0 bridgehead atoms. The van der Waals surface area contributed by atoms with Crippen molar-refractivity contribution in [2.45, 2.75) is 51.7 Å². The number of fused-ring (bicyclic) bond motifs is 1. The average Bonchev–Trinajstić information content (AvgIpc) is 3.02. The zero-order valence-corrected chi connectivity index (χ0v) is 17.4. The van der Waals surface area contributed by atoms with Gasteiger partial charge in [0.15, 0.2) is 0 Å². The molecule has 30 heavy (non-hydrogen) atoms. The van der Waals surface area contributed by atoms with E-state index < -0.39 is 17.8 Å². The number of rotatable bonds is 3. The molecular formula is C21H22ClF3N4O. The number of nitrogens with zero attached hydrogens (tertiary/aromatic N) is 3. The Labute approximate surface area is 177 Å². The number of hydrogen-bond acceptors (Lipinski definition) is 3. The van der Waals surface area contributed by atoms with Crippen molar-refractivity contribution in [3.05, 3.63) is 52.9 Å². The highest BCUT2D eigenvalue weighted by molar-refractivity contribution is 6.34. The Hall–Kier alpha value is -2.61. The molecule has 0 aliphatic heterocycles. The molecule has 1 aromatic carbocycles. The Bertz CT molecular complexity index is 1040. The molecule has 2 heterocycles. The van der Waals surface area contributed by atoms with Crippen LogP contribution >= 0.6 is 11.6 Å². The SMILES string of the molecule is CCC.O=C(Nc1cc2cn(C3CCC3)nc2cc1Cl)c1cccc(C(F)(F)F)n1. The smallest absolute Gasteiger partial charge is 0.319 e. The summed E-state index contributed by atoms with van der Waals surface area (Å²) in [7, 11) is 0. The van der Waals surface area contributed by atoms with Crippen LogP contribution in [0.5, 0.6) is 0 Å². The minimum Gasteiger partial charge on any atom is -0.319 e. The number of halogens is 4. The molecule has 4 rings (SSSR count). The van der Waals surface area contributed by atoms with E-state index in [2.05, 4.69) is 29.2 Å². The number of hydrogen-bond donors (Lipinski definition) is 1. The molecule has 0 unspecified atom stereocenters. The number of pyridine rings is 1. The van der Waals surface area contributed by atoms with Crippen molar-refractivity contribution in [2.75, 3.05) is 5.32 Å². The molecule has 0 radical (unpaired) electrons. The predicted octanol–water partition coefficient (Wildman–Crippen LogP) is 6.50. The van der Waals surface area contributed by atoms with E-state index in [1.807, 2.05) is 10.9 Å². The summed E-state index contributed by atoms with van der Waals surface area (Å²) in [6.07, 6.45) is 1.84. The van der Waals surface area contributed by atoms with E-state index in [1.165, 1.54) is 18.9 Å². The maximum absolute atomic E-state index is 12.8. The molecule has 1 amide bonds. The summed E-state index contributed by atoms with van der Waals surface area (Å²) in [6, 6.07) is 6.82. The fourth-order valence-corrected chi connectivity index (χ4v) is 3.11. The van der Waals surface area contributed by atoms with Crippen LogP contribution in [0.4, 0.5) is 18.9 Å². The Morgan fingerprint density at radius 2 is 1.97 bits per heavy atom. The summed E-state index contributed by atoms with van der Waals surface area (Å²) in [6.45, 7) is 4.25. The predicted molar refractivity (Wildman–Crippen MR) is 111 cm³/mol. The van der Waals surface area contributed by atoms with E-state index >= 15 is 0 Å². The molecule has 1 N–H and O–H groups in total. The van der Waals surface area contributed by atoms with E-state index in [4.69, 9.17) is 11.6 Å². The highest BCUT2D eigenvalue weighted by Crippen LogP contribution is 2.34. The molecule has 9 heteroatoms. The number of benzene rings is 1. The zero-order chi connectivity index (χ0) is 21.9. The molecule has 160 valence electrons. The van der Waals surface area contributed by atoms with Gasteiger partial charge in [0.25, 0.3) is 5.91 Å². The van der Waals surface area contributed by atoms with Gasteiger partial charge in [0.2, 0.25) is 0 Å². The summed E-state index contributed by atoms with van der Waals surface area (Å²) in [5, 5.41) is 8.06. The standard InChI is InChI=1S/C18H14ClF3N4O.C3H8/c19-12-8-14-10(9-26(25-14)11-3-1-4-11)7-15(12)24-17(27)13-5-2-6-16(23-13)18(20,21)22;1-3-2/h2,5-9,11H,1,3-4H2,(H,24,27);3H2,1-2H3. The minimum absolute atomic E-state index is 0.252. The minimum atomic E-state index is -4.62.